The molecule has 0 radical (unpaired) electrons. The minimum Gasteiger partial charge on any atom is -0.493 e. The van der Waals surface area contributed by atoms with E-state index in [0.717, 1.165) is 34.4 Å². The van der Waals surface area contributed by atoms with Crippen molar-refractivity contribution in [2.24, 2.45) is 15.7 Å². The van der Waals surface area contributed by atoms with Crippen LogP contribution in [0.4, 0.5) is 10.1 Å². The van der Waals surface area contributed by atoms with E-state index in [2.05, 4.69) is 9.98 Å². The Bertz CT molecular complexity index is 1230. The van der Waals surface area contributed by atoms with Crippen molar-refractivity contribution in [1.82, 2.24) is 0 Å². The maximum atomic E-state index is 13.4. The quantitative estimate of drug-likeness (QED) is 0.223. The van der Waals surface area contributed by atoms with Gasteiger partial charge in [0.05, 0.1) is 24.9 Å². The van der Waals surface area contributed by atoms with E-state index in [1.54, 1.807) is 30.5 Å². The maximum Gasteiger partial charge on any atom is 0.292 e. The fourth-order valence-corrected chi connectivity index (χ4v) is 3.25. The second kappa shape index (κ2) is 13.5. The number of aliphatic imine (C=N–C) groups is 2. The third-order valence-corrected chi connectivity index (χ3v) is 4.99. The van der Waals surface area contributed by atoms with Crippen LogP contribution in [0, 0.1) is 24.3 Å². The number of hydrogen-bond acceptors (Lipinski definition) is 5. The number of benzene rings is 3. The molecule has 0 aliphatic rings. The second-order valence-corrected chi connectivity index (χ2v) is 7.30. The summed E-state index contributed by atoms with van der Waals surface area (Å²) in [4.78, 5) is 9.00. The normalized spacial score (nSPS) is 10.9. The van der Waals surface area contributed by atoms with E-state index < -0.39 is 0 Å². The number of hydrogen-bond donors (Lipinski definition) is 1. The largest absolute Gasteiger partial charge is 0.493 e. The van der Waals surface area contributed by atoms with Crippen LogP contribution in [0.25, 0.3) is 11.1 Å². The molecule has 3 aromatic rings. The molecule has 0 saturated carbocycles. The molecule has 0 aliphatic heterocycles. The van der Waals surface area contributed by atoms with Crippen molar-refractivity contribution in [3.63, 3.8) is 0 Å². The number of methoxy groups -OCH3 is 1. The molecule has 0 spiro atoms. The van der Waals surface area contributed by atoms with Crippen LogP contribution < -0.4 is 15.2 Å². The van der Waals surface area contributed by atoms with Crippen molar-refractivity contribution < 1.29 is 13.9 Å². The monoisotopic (exact) mass is 474 g/mol. The van der Waals surface area contributed by atoms with E-state index in [-0.39, 0.29) is 17.4 Å². The molecule has 0 unspecified atom stereocenters. The van der Waals surface area contributed by atoms with Gasteiger partial charge in [0.1, 0.15) is 11.7 Å². The van der Waals surface area contributed by atoms with Gasteiger partial charge in [0.15, 0.2) is 11.5 Å². The average Bonchev–Trinajstić information content (AvgIpc) is 2.89. The summed E-state index contributed by atoms with van der Waals surface area (Å²) >= 11 is 0. The Morgan fingerprint density at radius 3 is 2.43 bits per heavy atom. The molecule has 3 rings (SSSR count). The van der Waals surface area contributed by atoms with Gasteiger partial charge in [-0.1, -0.05) is 45.0 Å². The van der Waals surface area contributed by atoms with Gasteiger partial charge in [-0.05, 0) is 65.9 Å². The molecule has 0 amide bonds. The van der Waals surface area contributed by atoms with Gasteiger partial charge in [0, 0.05) is 6.21 Å². The van der Waals surface area contributed by atoms with Crippen molar-refractivity contribution in [3.8, 4) is 28.9 Å². The Labute approximate surface area is 206 Å². The van der Waals surface area contributed by atoms with Gasteiger partial charge in [0.25, 0.3) is 6.26 Å². The molecular formula is C28H31FN4O2. The summed E-state index contributed by atoms with van der Waals surface area (Å²) in [6.07, 6.45) is 4.39. The van der Waals surface area contributed by atoms with E-state index in [1.165, 1.54) is 19.2 Å². The predicted octanol–water partition coefficient (Wildman–Crippen LogP) is 6.71. The number of rotatable bonds is 8. The number of nitriles is 1. The van der Waals surface area contributed by atoms with E-state index in [9.17, 15) is 4.39 Å². The van der Waals surface area contributed by atoms with Crippen molar-refractivity contribution in [2.45, 2.75) is 40.7 Å². The van der Waals surface area contributed by atoms with Gasteiger partial charge < -0.3 is 15.2 Å². The van der Waals surface area contributed by atoms with Gasteiger partial charge in [-0.25, -0.2) is 4.39 Å². The topological polar surface area (TPSA) is 93.0 Å². The minimum atomic E-state index is -0.336. The molecule has 0 bridgehead atoms. The van der Waals surface area contributed by atoms with Crippen LogP contribution >= 0.6 is 0 Å². The lowest BCUT2D eigenvalue weighted by Gasteiger charge is -2.14. The molecule has 0 aliphatic carbocycles. The maximum absolute atomic E-state index is 13.4. The molecular weight excluding hydrogens is 443 g/mol. The number of aryl methyl sites for hydroxylation is 1. The van der Waals surface area contributed by atoms with Crippen LogP contribution in [0.3, 0.4) is 0 Å². The Kier molecular flexibility index (Phi) is 10.4. The Hall–Kier alpha value is -4.18. The zero-order valence-electron chi connectivity index (χ0n) is 20.8. The highest BCUT2D eigenvalue weighted by atomic mass is 19.1. The molecule has 35 heavy (non-hydrogen) atoms. The van der Waals surface area contributed by atoms with Gasteiger partial charge in [-0.3, -0.25) is 9.98 Å². The number of nitrogens with two attached hydrogens (primary N) is 1. The zero-order chi connectivity index (χ0) is 25.8. The molecule has 0 atom stereocenters. The highest BCUT2D eigenvalue weighted by Gasteiger charge is 2.18. The summed E-state index contributed by atoms with van der Waals surface area (Å²) < 4.78 is 24.0. The third-order valence-electron chi connectivity index (χ3n) is 4.99. The first-order chi connectivity index (χ1) is 17.0. The molecule has 6 nitrogen and oxygen atoms in total. The van der Waals surface area contributed by atoms with E-state index in [0.29, 0.717) is 17.9 Å². The van der Waals surface area contributed by atoms with Crippen molar-refractivity contribution in [2.75, 3.05) is 7.11 Å². The predicted molar refractivity (Wildman–Crippen MR) is 140 cm³/mol. The molecule has 7 heteroatoms. The molecule has 2 N–H and O–H groups in total. The Morgan fingerprint density at radius 2 is 1.80 bits per heavy atom. The Balaban J connectivity index is 0.00000210. The summed E-state index contributed by atoms with van der Waals surface area (Å²) in [5.41, 5.74) is 11.1. The third kappa shape index (κ3) is 7.15. The standard InChI is InChI=1S/C26H25FN4O2.C2H6/c1-4-11-30-23-12-18(6-5-17(23)2)15-31-26(29)22-13-20(19-7-9-21(27)10-8-19)14-24(32-3)25(22)33-16-28;1-2/h5-14H,4,15H2,1-3H3,(H2,29,31);1-2H3. The summed E-state index contributed by atoms with van der Waals surface area (Å²) in [7, 11) is 1.47. The van der Waals surface area contributed by atoms with Gasteiger partial charge in [0.2, 0.25) is 0 Å². The van der Waals surface area contributed by atoms with Crippen molar-refractivity contribution >= 4 is 17.7 Å². The first-order valence-corrected chi connectivity index (χ1v) is 11.4. The lowest BCUT2D eigenvalue weighted by Crippen LogP contribution is -2.15. The highest BCUT2D eigenvalue weighted by molar-refractivity contribution is 6.02. The van der Waals surface area contributed by atoms with Crippen LogP contribution in [0.15, 0.2) is 64.6 Å². The smallest absolute Gasteiger partial charge is 0.292 e. The summed E-state index contributed by atoms with van der Waals surface area (Å²) in [6, 6.07) is 15.4. The number of ether oxygens (including phenoxy) is 2. The van der Waals surface area contributed by atoms with Crippen molar-refractivity contribution in [1.29, 1.82) is 5.26 Å². The number of halogens is 1. The van der Waals surface area contributed by atoms with Crippen LogP contribution in [0.2, 0.25) is 0 Å². The Morgan fingerprint density at radius 1 is 1.09 bits per heavy atom. The number of nitrogens with zero attached hydrogens (tertiary/aromatic N) is 3. The van der Waals surface area contributed by atoms with Crippen LogP contribution in [0.5, 0.6) is 11.5 Å². The molecule has 0 fully saturated rings. The average molecular weight is 475 g/mol. The molecule has 3 aromatic carbocycles. The van der Waals surface area contributed by atoms with Crippen LogP contribution in [-0.2, 0) is 6.54 Å². The second-order valence-electron chi connectivity index (χ2n) is 7.30. The first kappa shape index (κ1) is 27.1. The van der Waals surface area contributed by atoms with Gasteiger partial charge in [-0.15, -0.1) is 5.26 Å². The minimum absolute atomic E-state index is 0.171. The van der Waals surface area contributed by atoms with Crippen molar-refractivity contribution in [3.05, 3.63) is 77.1 Å². The summed E-state index contributed by atoms with van der Waals surface area (Å²) in [5.74, 6) is 0.334. The van der Waals surface area contributed by atoms with Gasteiger partial charge in [-0.2, -0.15) is 0 Å². The zero-order valence-corrected chi connectivity index (χ0v) is 20.8. The van der Waals surface area contributed by atoms with Gasteiger partial charge >= 0.3 is 0 Å². The van der Waals surface area contributed by atoms with Crippen LogP contribution in [0.1, 0.15) is 43.9 Å². The van der Waals surface area contributed by atoms with E-state index in [4.69, 9.17) is 20.5 Å². The van der Waals surface area contributed by atoms with E-state index in [1.807, 2.05) is 52.1 Å². The molecule has 182 valence electrons. The molecule has 0 heterocycles. The first-order valence-electron chi connectivity index (χ1n) is 11.4. The molecule has 0 aromatic heterocycles. The lowest BCUT2D eigenvalue weighted by atomic mass is 10.0. The van der Waals surface area contributed by atoms with E-state index >= 15 is 0 Å². The highest BCUT2D eigenvalue weighted by Crippen LogP contribution is 2.36. The van der Waals surface area contributed by atoms with Crippen LogP contribution in [-0.4, -0.2) is 19.2 Å². The fraction of sp³-hybridized carbons (Fsp3) is 0.250. The summed E-state index contributed by atoms with van der Waals surface area (Å²) in [6.45, 7) is 8.35. The lowest BCUT2D eigenvalue weighted by molar-refractivity contribution is 0.384. The summed E-state index contributed by atoms with van der Waals surface area (Å²) in [5, 5.41) is 9.13. The SMILES string of the molecule is CC.CCC=Nc1cc(CN=C(N)c2cc(-c3ccc(F)cc3)cc(OC)c2OC#N)ccc1C. The number of amidine groups is 1. The molecule has 0 saturated heterocycles. The fourth-order valence-electron chi connectivity index (χ4n) is 3.25.